The first-order valence-electron chi connectivity index (χ1n) is 4.95. The van der Waals surface area contributed by atoms with E-state index in [1.807, 2.05) is 0 Å². The molecule has 0 aliphatic heterocycles. The van der Waals surface area contributed by atoms with E-state index in [-0.39, 0.29) is 21.4 Å². The molecule has 0 fully saturated rings. The number of carbonyl (C=O) groups excluding carboxylic acids is 1. The molecule has 0 heterocycles. The monoisotopic (exact) mass is 316 g/mol. The molecule has 0 bridgehead atoms. The summed E-state index contributed by atoms with van der Waals surface area (Å²) in [4.78, 5) is 11.6. The lowest BCUT2D eigenvalue weighted by molar-refractivity contribution is -0.170. The van der Waals surface area contributed by atoms with Gasteiger partial charge in [0, 0.05) is 11.6 Å². The largest absolute Gasteiger partial charge is 0.495 e. The number of ether oxygens (including phenoxy) is 2. The molecule has 0 radical (unpaired) electrons. The third-order valence-electron chi connectivity index (χ3n) is 2.04. The lowest BCUT2D eigenvalue weighted by Gasteiger charge is -2.09. The zero-order valence-corrected chi connectivity index (χ0v) is 11.2. The Morgan fingerprint density at radius 1 is 1.26 bits per heavy atom. The second kappa shape index (κ2) is 6.45. The van der Waals surface area contributed by atoms with E-state index in [0.29, 0.717) is 0 Å². The smallest absolute Gasteiger partial charge is 0.411 e. The fourth-order valence-corrected chi connectivity index (χ4v) is 1.74. The molecule has 1 aromatic carbocycles. The molecular formula is C11H9Cl2F3O3. The Morgan fingerprint density at radius 3 is 2.42 bits per heavy atom. The van der Waals surface area contributed by atoms with Crippen LogP contribution in [0.15, 0.2) is 12.1 Å². The van der Waals surface area contributed by atoms with Crippen molar-refractivity contribution in [2.45, 2.75) is 6.18 Å². The second-order valence-electron chi connectivity index (χ2n) is 3.50. The Hall–Kier alpha value is -0.980. The van der Waals surface area contributed by atoms with Gasteiger partial charge in [0.2, 0.25) is 0 Å². The Labute approximate surface area is 117 Å². The zero-order valence-electron chi connectivity index (χ0n) is 9.68. The van der Waals surface area contributed by atoms with Crippen molar-refractivity contribution >= 4 is 29.0 Å². The summed E-state index contributed by atoms with van der Waals surface area (Å²) in [5.41, 5.74) is -0.0189. The second-order valence-corrected chi connectivity index (χ2v) is 4.31. The molecule has 0 aromatic heterocycles. The Balaban J connectivity index is 2.75. The van der Waals surface area contributed by atoms with Crippen LogP contribution in [0.3, 0.4) is 0 Å². The molecule has 0 atom stereocenters. The van der Waals surface area contributed by atoms with Crippen molar-refractivity contribution in [3.8, 4) is 5.75 Å². The van der Waals surface area contributed by atoms with Crippen molar-refractivity contribution in [3.63, 3.8) is 0 Å². The first-order chi connectivity index (χ1) is 8.74. The van der Waals surface area contributed by atoms with Crippen LogP contribution in [-0.4, -0.2) is 32.3 Å². The molecule has 19 heavy (non-hydrogen) atoms. The average Bonchev–Trinajstić information content (AvgIpc) is 2.29. The van der Waals surface area contributed by atoms with Gasteiger partial charge in [-0.2, -0.15) is 13.2 Å². The first-order valence-corrected chi connectivity index (χ1v) is 5.71. The summed E-state index contributed by atoms with van der Waals surface area (Å²) < 4.78 is 44.7. The molecule has 0 aliphatic rings. The van der Waals surface area contributed by atoms with Gasteiger partial charge in [-0.25, -0.2) is 0 Å². The van der Waals surface area contributed by atoms with Crippen LogP contribution in [0.2, 0.25) is 10.0 Å². The van der Waals surface area contributed by atoms with Gasteiger partial charge < -0.3 is 9.47 Å². The number of Topliss-reactive ketones (excluding diaryl/α,β-unsaturated/α-hetero) is 1. The average molecular weight is 317 g/mol. The Bertz CT molecular complexity index is 475. The van der Waals surface area contributed by atoms with Crippen molar-refractivity contribution < 1.29 is 27.4 Å². The van der Waals surface area contributed by atoms with E-state index in [1.165, 1.54) is 19.2 Å². The van der Waals surface area contributed by atoms with Crippen molar-refractivity contribution in [2.24, 2.45) is 0 Å². The highest BCUT2D eigenvalue weighted by Gasteiger charge is 2.28. The highest BCUT2D eigenvalue weighted by atomic mass is 35.5. The summed E-state index contributed by atoms with van der Waals surface area (Å²) in [7, 11) is 1.37. The maximum absolute atomic E-state index is 11.9. The molecule has 0 N–H and O–H groups in total. The summed E-state index contributed by atoms with van der Waals surface area (Å²) >= 11 is 11.6. The topological polar surface area (TPSA) is 35.5 Å². The first kappa shape index (κ1) is 16.1. The summed E-state index contributed by atoms with van der Waals surface area (Å²) in [6.07, 6.45) is -4.48. The predicted molar refractivity (Wildman–Crippen MR) is 64.2 cm³/mol. The van der Waals surface area contributed by atoms with E-state index < -0.39 is 25.2 Å². The molecule has 0 amide bonds. The van der Waals surface area contributed by atoms with Gasteiger partial charge in [0.25, 0.3) is 0 Å². The van der Waals surface area contributed by atoms with Gasteiger partial charge >= 0.3 is 6.18 Å². The summed E-state index contributed by atoms with van der Waals surface area (Å²) in [6.45, 7) is -2.23. The standard InChI is InChI=1S/C11H9Cl2F3O3/c1-18-10-3-7(12)6(2-8(10)13)9(17)4-19-5-11(14,15)16/h2-3H,4-5H2,1H3. The number of carbonyl (C=O) groups is 1. The van der Waals surface area contributed by atoms with E-state index in [2.05, 4.69) is 4.74 Å². The highest BCUT2D eigenvalue weighted by molar-refractivity contribution is 6.36. The van der Waals surface area contributed by atoms with Crippen LogP contribution in [0.1, 0.15) is 10.4 Å². The molecule has 3 nitrogen and oxygen atoms in total. The third kappa shape index (κ3) is 4.89. The molecule has 0 saturated heterocycles. The van der Waals surface area contributed by atoms with Gasteiger partial charge in [-0.15, -0.1) is 0 Å². The van der Waals surface area contributed by atoms with Crippen LogP contribution < -0.4 is 4.74 Å². The van der Waals surface area contributed by atoms with E-state index in [9.17, 15) is 18.0 Å². The molecule has 0 spiro atoms. The van der Waals surface area contributed by atoms with Gasteiger partial charge in [0.05, 0.1) is 17.2 Å². The van der Waals surface area contributed by atoms with Crippen LogP contribution in [0, 0.1) is 0 Å². The molecule has 0 aliphatic carbocycles. The number of hydrogen-bond donors (Lipinski definition) is 0. The van der Waals surface area contributed by atoms with Gasteiger partial charge in [0.1, 0.15) is 19.0 Å². The lowest BCUT2D eigenvalue weighted by Crippen LogP contribution is -2.20. The van der Waals surface area contributed by atoms with Gasteiger partial charge in [-0.1, -0.05) is 23.2 Å². The minimum Gasteiger partial charge on any atom is -0.495 e. The van der Waals surface area contributed by atoms with Crippen LogP contribution in [-0.2, 0) is 4.74 Å². The number of halogens is 5. The number of benzene rings is 1. The van der Waals surface area contributed by atoms with Crippen molar-refractivity contribution in [1.29, 1.82) is 0 Å². The summed E-state index contributed by atoms with van der Waals surface area (Å²) in [6, 6.07) is 2.53. The van der Waals surface area contributed by atoms with Gasteiger partial charge in [-0.05, 0) is 6.07 Å². The molecule has 0 unspecified atom stereocenters. The Kier molecular flexibility index (Phi) is 5.46. The minimum atomic E-state index is -4.48. The molecule has 1 rings (SSSR count). The minimum absolute atomic E-state index is 0.0189. The number of rotatable bonds is 5. The van der Waals surface area contributed by atoms with Crippen LogP contribution in [0.5, 0.6) is 5.75 Å². The van der Waals surface area contributed by atoms with Crippen LogP contribution >= 0.6 is 23.2 Å². The molecule has 8 heteroatoms. The Morgan fingerprint density at radius 2 is 1.89 bits per heavy atom. The zero-order chi connectivity index (χ0) is 14.6. The quantitative estimate of drug-likeness (QED) is 0.776. The number of alkyl halides is 3. The molecule has 106 valence electrons. The van der Waals surface area contributed by atoms with E-state index >= 15 is 0 Å². The molecular weight excluding hydrogens is 308 g/mol. The van der Waals surface area contributed by atoms with Crippen molar-refractivity contribution in [3.05, 3.63) is 27.7 Å². The summed E-state index contributed by atoms with van der Waals surface area (Å²) in [5, 5.41) is 0.160. The van der Waals surface area contributed by atoms with E-state index in [1.54, 1.807) is 0 Å². The summed E-state index contributed by atoms with van der Waals surface area (Å²) in [5.74, 6) is -0.432. The van der Waals surface area contributed by atoms with Gasteiger partial charge in [-0.3, -0.25) is 4.79 Å². The highest BCUT2D eigenvalue weighted by Crippen LogP contribution is 2.31. The SMILES string of the molecule is COc1cc(Cl)c(C(=O)COCC(F)(F)F)cc1Cl. The normalized spacial score (nSPS) is 11.5. The molecule has 0 saturated carbocycles. The lowest BCUT2D eigenvalue weighted by atomic mass is 10.1. The number of methoxy groups -OCH3 is 1. The number of hydrogen-bond acceptors (Lipinski definition) is 3. The number of ketones is 1. The van der Waals surface area contributed by atoms with Crippen molar-refractivity contribution in [2.75, 3.05) is 20.3 Å². The predicted octanol–water partition coefficient (Wildman–Crippen LogP) is 3.76. The fourth-order valence-electron chi connectivity index (χ4n) is 1.24. The molecule has 1 aromatic rings. The van der Waals surface area contributed by atoms with E-state index in [4.69, 9.17) is 27.9 Å². The van der Waals surface area contributed by atoms with Crippen LogP contribution in [0.25, 0.3) is 0 Å². The van der Waals surface area contributed by atoms with Crippen molar-refractivity contribution in [1.82, 2.24) is 0 Å². The van der Waals surface area contributed by atoms with E-state index in [0.717, 1.165) is 0 Å². The maximum atomic E-state index is 11.9. The van der Waals surface area contributed by atoms with Crippen LogP contribution in [0.4, 0.5) is 13.2 Å². The fraction of sp³-hybridized carbons (Fsp3) is 0.364. The maximum Gasteiger partial charge on any atom is 0.411 e. The van der Waals surface area contributed by atoms with Gasteiger partial charge in [0.15, 0.2) is 5.78 Å². The third-order valence-corrected chi connectivity index (χ3v) is 2.65.